The van der Waals surface area contributed by atoms with E-state index >= 15 is 0 Å². The zero-order chi connectivity index (χ0) is 14.6. The number of amides is 1. The average Bonchev–Trinajstić information content (AvgIpc) is 2.60. The van der Waals surface area contributed by atoms with Crippen LogP contribution in [0.3, 0.4) is 0 Å². The van der Waals surface area contributed by atoms with Crippen LogP contribution in [-0.2, 0) is 23.0 Å². The minimum atomic E-state index is -1.37. The molecule has 0 saturated carbocycles. The molecule has 0 unspecified atom stereocenters. The van der Waals surface area contributed by atoms with Crippen molar-refractivity contribution in [3.8, 4) is 0 Å². The van der Waals surface area contributed by atoms with Gasteiger partial charge in [-0.3, -0.25) is 0 Å². The van der Waals surface area contributed by atoms with Crippen LogP contribution in [0.25, 0.3) is 0 Å². The summed E-state index contributed by atoms with van der Waals surface area (Å²) in [5.74, 6) is -1.37. The number of imidazole rings is 1. The van der Waals surface area contributed by atoms with Crippen LogP contribution in [0.2, 0.25) is 0 Å². The maximum Gasteiger partial charge on any atom is 1.00 e. The Morgan fingerprint density at radius 2 is 2.10 bits per heavy atom. The van der Waals surface area contributed by atoms with Crippen LogP contribution in [0.15, 0.2) is 12.5 Å². The van der Waals surface area contributed by atoms with E-state index in [0.29, 0.717) is 5.69 Å². The average molecular weight is 275 g/mol. The Morgan fingerprint density at radius 1 is 1.50 bits per heavy atom. The van der Waals surface area contributed by atoms with Gasteiger partial charge >= 0.3 is 25.0 Å². The van der Waals surface area contributed by atoms with E-state index in [-0.39, 0.29) is 25.3 Å². The van der Waals surface area contributed by atoms with Crippen molar-refractivity contribution in [2.24, 2.45) is 7.05 Å². The van der Waals surface area contributed by atoms with Crippen LogP contribution in [0.4, 0.5) is 4.79 Å². The molecule has 0 aliphatic rings. The number of hydrogen-bond donors (Lipinski definition) is 1. The van der Waals surface area contributed by atoms with E-state index in [1.165, 1.54) is 6.20 Å². The van der Waals surface area contributed by atoms with Gasteiger partial charge in [-0.25, -0.2) is 9.78 Å². The Balaban J connectivity index is 0.00000361. The predicted octanol–water partition coefficient (Wildman–Crippen LogP) is -3.39. The van der Waals surface area contributed by atoms with Gasteiger partial charge < -0.3 is 24.5 Å². The molecule has 1 N–H and O–H groups in total. The number of aliphatic carboxylic acids is 1. The second-order valence-corrected chi connectivity index (χ2v) is 5.22. The topological polar surface area (TPSA) is 96.3 Å². The van der Waals surface area contributed by atoms with Crippen LogP contribution < -0.4 is 29.3 Å². The van der Waals surface area contributed by atoms with Crippen molar-refractivity contribution in [1.82, 2.24) is 14.9 Å². The van der Waals surface area contributed by atoms with E-state index < -0.39 is 23.7 Å². The summed E-state index contributed by atoms with van der Waals surface area (Å²) in [6, 6.07) is -1.16. The minimum absolute atomic E-state index is 0. The summed E-state index contributed by atoms with van der Waals surface area (Å²) in [5, 5.41) is 13.3. The second-order valence-electron chi connectivity index (χ2n) is 5.22. The maximum atomic E-state index is 11.5. The van der Waals surface area contributed by atoms with E-state index in [2.05, 4.69) is 10.3 Å². The summed E-state index contributed by atoms with van der Waals surface area (Å²) < 4.78 is 6.68. The molecule has 0 aromatic carbocycles. The number of carboxylic acid groups (broad SMARTS) is 1. The molecular weight excluding hydrogens is 257 g/mol. The quantitative estimate of drug-likeness (QED) is 0.578. The standard InChI is InChI=1S/C12H19N3O4.Li/c1-12(2,3)19-11(18)14-9(10(16)17)5-8-6-13-7-15(8)4;/h6-7,9H,5H2,1-4H3,(H,14,18)(H,16,17);/q;+1/p-1/t9-;/m0./s1. The molecule has 0 fully saturated rings. The summed E-state index contributed by atoms with van der Waals surface area (Å²) in [6.45, 7) is 5.09. The molecule has 106 valence electrons. The number of carbonyl (C=O) groups is 2. The second kappa shape index (κ2) is 7.36. The molecule has 1 atom stereocenters. The summed E-state index contributed by atoms with van der Waals surface area (Å²) in [6.07, 6.45) is 2.38. The maximum absolute atomic E-state index is 11.5. The van der Waals surface area contributed by atoms with Crippen molar-refractivity contribution in [2.45, 2.75) is 38.8 Å². The first-order chi connectivity index (χ1) is 8.69. The number of alkyl carbamates (subject to hydrolysis) is 1. The summed E-state index contributed by atoms with van der Waals surface area (Å²) in [5.41, 5.74) is -0.0159. The van der Waals surface area contributed by atoms with Crippen LogP contribution >= 0.6 is 0 Å². The van der Waals surface area contributed by atoms with Gasteiger partial charge in [0.15, 0.2) is 0 Å². The third kappa shape index (κ3) is 6.13. The van der Waals surface area contributed by atoms with Gasteiger partial charge in [0.05, 0.1) is 18.3 Å². The van der Waals surface area contributed by atoms with E-state index in [0.717, 1.165) is 0 Å². The van der Waals surface area contributed by atoms with Crippen LogP contribution in [0.5, 0.6) is 0 Å². The molecule has 8 heteroatoms. The molecule has 1 amide bonds. The van der Waals surface area contributed by atoms with Gasteiger partial charge in [-0.15, -0.1) is 0 Å². The molecule has 1 rings (SSSR count). The Bertz CT molecular complexity index is 468. The molecular formula is C12H18LiN3O4. The number of aromatic nitrogens is 2. The molecule has 0 spiro atoms. The van der Waals surface area contributed by atoms with Gasteiger partial charge in [0.1, 0.15) is 5.60 Å². The van der Waals surface area contributed by atoms with Gasteiger partial charge in [-0.05, 0) is 20.8 Å². The molecule has 1 aromatic rings. The molecule has 1 aromatic heterocycles. The molecule has 1 heterocycles. The monoisotopic (exact) mass is 275 g/mol. The van der Waals surface area contributed by atoms with E-state index in [9.17, 15) is 14.7 Å². The van der Waals surface area contributed by atoms with Crippen molar-refractivity contribution in [3.63, 3.8) is 0 Å². The van der Waals surface area contributed by atoms with Gasteiger partial charge in [0.25, 0.3) is 0 Å². The van der Waals surface area contributed by atoms with Crippen molar-refractivity contribution < 1.29 is 38.3 Å². The third-order valence-electron chi connectivity index (χ3n) is 2.31. The normalized spacial score (nSPS) is 12.2. The van der Waals surface area contributed by atoms with Crippen molar-refractivity contribution >= 4 is 12.1 Å². The first-order valence-corrected chi connectivity index (χ1v) is 5.84. The summed E-state index contributed by atoms with van der Waals surface area (Å²) in [7, 11) is 1.74. The van der Waals surface area contributed by atoms with Gasteiger partial charge in [0.2, 0.25) is 0 Å². The number of ether oxygens (including phenoxy) is 1. The number of nitrogens with one attached hydrogen (secondary N) is 1. The van der Waals surface area contributed by atoms with Gasteiger partial charge in [0, 0.05) is 25.4 Å². The SMILES string of the molecule is Cn1cncc1C[C@H](NC(=O)OC(C)(C)C)C(=O)[O-].[Li+]. The first kappa shape index (κ1) is 18.5. The van der Waals surface area contributed by atoms with Crippen molar-refractivity contribution in [1.29, 1.82) is 0 Å². The Labute approximate surface area is 129 Å². The Kier molecular flexibility index (Phi) is 6.83. The molecule has 0 bridgehead atoms. The van der Waals surface area contributed by atoms with Crippen LogP contribution in [0, 0.1) is 0 Å². The fourth-order valence-corrected chi connectivity index (χ4v) is 1.43. The summed E-state index contributed by atoms with van der Waals surface area (Å²) >= 11 is 0. The van der Waals surface area contributed by atoms with Crippen molar-refractivity contribution in [2.75, 3.05) is 0 Å². The number of carbonyl (C=O) groups excluding carboxylic acids is 2. The van der Waals surface area contributed by atoms with E-state index in [4.69, 9.17) is 4.74 Å². The molecule has 7 nitrogen and oxygen atoms in total. The number of hydrogen-bond acceptors (Lipinski definition) is 5. The van der Waals surface area contributed by atoms with Crippen LogP contribution in [-0.4, -0.2) is 33.3 Å². The zero-order valence-electron chi connectivity index (χ0n) is 12.5. The first-order valence-electron chi connectivity index (χ1n) is 5.84. The summed E-state index contributed by atoms with van der Waals surface area (Å²) in [4.78, 5) is 26.4. The number of rotatable bonds is 4. The third-order valence-corrected chi connectivity index (χ3v) is 2.31. The van der Waals surface area contributed by atoms with E-state index in [1.54, 1.807) is 38.7 Å². The zero-order valence-corrected chi connectivity index (χ0v) is 12.5. The number of nitrogens with zero attached hydrogens (tertiary/aromatic N) is 2. The number of aryl methyl sites for hydroxylation is 1. The Morgan fingerprint density at radius 3 is 2.50 bits per heavy atom. The fraction of sp³-hybridized carbons (Fsp3) is 0.583. The van der Waals surface area contributed by atoms with Crippen molar-refractivity contribution in [3.05, 3.63) is 18.2 Å². The van der Waals surface area contributed by atoms with Gasteiger partial charge in [-0.2, -0.15) is 0 Å². The number of carboxylic acids is 1. The molecule has 0 aliphatic carbocycles. The van der Waals surface area contributed by atoms with Crippen LogP contribution in [0.1, 0.15) is 26.5 Å². The largest absolute Gasteiger partial charge is 1.00 e. The molecule has 20 heavy (non-hydrogen) atoms. The smallest absolute Gasteiger partial charge is 0.548 e. The molecule has 0 saturated heterocycles. The molecule has 0 radical (unpaired) electrons. The predicted molar refractivity (Wildman–Crippen MR) is 65.1 cm³/mol. The molecule has 0 aliphatic heterocycles. The fourth-order valence-electron chi connectivity index (χ4n) is 1.43. The minimum Gasteiger partial charge on any atom is -0.548 e. The Hall–Kier alpha value is -1.45. The van der Waals surface area contributed by atoms with E-state index in [1.807, 2.05) is 0 Å². The van der Waals surface area contributed by atoms with Gasteiger partial charge in [-0.1, -0.05) is 0 Å².